The molecule has 22 heavy (non-hydrogen) atoms. The van der Waals surface area contributed by atoms with Crippen LogP contribution in [-0.2, 0) is 4.74 Å². The van der Waals surface area contributed by atoms with Gasteiger partial charge in [-0.25, -0.2) is 8.78 Å². The third-order valence-corrected chi connectivity index (χ3v) is 4.25. The van der Waals surface area contributed by atoms with Gasteiger partial charge in [-0.15, -0.1) is 0 Å². The van der Waals surface area contributed by atoms with E-state index in [1.807, 2.05) is 7.05 Å². The van der Waals surface area contributed by atoms with Gasteiger partial charge in [-0.05, 0) is 19.2 Å². The van der Waals surface area contributed by atoms with Gasteiger partial charge < -0.3 is 9.64 Å². The SMILES string of the molecule is CN1CCO[C@@H]2CN(C(=O)c3c(F)cc(C#N)cc3F)C[C@@H]21. The largest absolute Gasteiger partial charge is 0.373 e. The van der Waals surface area contributed by atoms with Crippen LogP contribution in [0.15, 0.2) is 12.1 Å². The van der Waals surface area contributed by atoms with Crippen LogP contribution in [0.3, 0.4) is 0 Å². The fraction of sp³-hybridized carbons (Fsp3) is 0.467. The molecule has 0 N–H and O–H groups in total. The average Bonchev–Trinajstić information content (AvgIpc) is 2.92. The first-order valence-corrected chi connectivity index (χ1v) is 7.01. The highest BCUT2D eigenvalue weighted by molar-refractivity contribution is 5.95. The van der Waals surface area contributed by atoms with E-state index in [4.69, 9.17) is 10.00 Å². The van der Waals surface area contributed by atoms with Gasteiger partial charge in [0.1, 0.15) is 17.2 Å². The molecule has 0 aromatic heterocycles. The van der Waals surface area contributed by atoms with Crippen molar-refractivity contribution in [2.45, 2.75) is 12.1 Å². The first-order chi connectivity index (χ1) is 10.5. The Balaban J connectivity index is 1.85. The van der Waals surface area contributed by atoms with Crippen LogP contribution in [-0.4, -0.2) is 61.1 Å². The Morgan fingerprint density at radius 1 is 1.36 bits per heavy atom. The van der Waals surface area contributed by atoms with E-state index in [1.54, 1.807) is 6.07 Å². The van der Waals surface area contributed by atoms with E-state index in [1.165, 1.54) is 4.90 Å². The Morgan fingerprint density at radius 3 is 2.64 bits per heavy atom. The Hall–Kier alpha value is -2.04. The van der Waals surface area contributed by atoms with Gasteiger partial charge in [0.2, 0.25) is 0 Å². The Labute approximate surface area is 126 Å². The van der Waals surface area contributed by atoms with Crippen molar-refractivity contribution >= 4 is 5.91 Å². The molecule has 1 aromatic carbocycles. The maximum absolute atomic E-state index is 14.0. The summed E-state index contributed by atoms with van der Waals surface area (Å²) in [5.41, 5.74) is -0.759. The van der Waals surface area contributed by atoms with Crippen LogP contribution in [0.1, 0.15) is 15.9 Å². The summed E-state index contributed by atoms with van der Waals surface area (Å²) in [5, 5.41) is 8.70. The van der Waals surface area contributed by atoms with Crippen molar-refractivity contribution in [3.8, 4) is 6.07 Å². The number of fused-ring (bicyclic) bond motifs is 1. The van der Waals surface area contributed by atoms with Gasteiger partial charge in [0, 0.05) is 19.6 Å². The zero-order valence-electron chi connectivity index (χ0n) is 12.1. The lowest BCUT2D eigenvalue weighted by molar-refractivity contribution is -0.0368. The van der Waals surface area contributed by atoms with Crippen molar-refractivity contribution in [3.63, 3.8) is 0 Å². The zero-order valence-corrected chi connectivity index (χ0v) is 12.1. The summed E-state index contributed by atoms with van der Waals surface area (Å²) in [7, 11) is 1.94. The first kappa shape index (κ1) is 14.9. The van der Waals surface area contributed by atoms with Gasteiger partial charge >= 0.3 is 0 Å². The van der Waals surface area contributed by atoms with Gasteiger partial charge in [0.15, 0.2) is 0 Å². The lowest BCUT2D eigenvalue weighted by Gasteiger charge is -2.33. The second kappa shape index (κ2) is 5.63. The van der Waals surface area contributed by atoms with E-state index < -0.39 is 23.1 Å². The minimum absolute atomic E-state index is 0.0437. The van der Waals surface area contributed by atoms with Crippen molar-refractivity contribution in [1.82, 2.24) is 9.80 Å². The molecule has 2 atom stereocenters. The van der Waals surface area contributed by atoms with Gasteiger partial charge in [0.05, 0.1) is 30.4 Å². The minimum atomic E-state index is -1.01. The van der Waals surface area contributed by atoms with E-state index in [0.717, 1.165) is 18.7 Å². The number of likely N-dealkylation sites (tertiary alicyclic amines) is 1. The van der Waals surface area contributed by atoms with E-state index in [9.17, 15) is 13.6 Å². The summed E-state index contributed by atoms with van der Waals surface area (Å²) in [6, 6.07) is 3.46. The Bertz CT molecular complexity index is 636. The van der Waals surface area contributed by atoms with Crippen LogP contribution in [0.5, 0.6) is 0 Å². The van der Waals surface area contributed by atoms with Gasteiger partial charge in [0.25, 0.3) is 5.91 Å². The Morgan fingerprint density at radius 2 is 2.05 bits per heavy atom. The number of nitrogens with zero attached hydrogens (tertiary/aromatic N) is 3. The fourth-order valence-electron chi connectivity index (χ4n) is 3.02. The lowest BCUT2D eigenvalue weighted by Crippen LogP contribution is -2.48. The molecule has 0 spiro atoms. The molecule has 2 saturated heterocycles. The second-order valence-electron chi connectivity index (χ2n) is 5.59. The Kier molecular flexibility index (Phi) is 3.81. The molecule has 0 unspecified atom stereocenters. The van der Waals surface area contributed by atoms with E-state index in [0.29, 0.717) is 19.7 Å². The normalized spacial score (nSPS) is 24.9. The molecular weight excluding hydrogens is 292 g/mol. The number of carbonyl (C=O) groups excluding carboxylic acids is 1. The van der Waals surface area contributed by atoms with Crippen LogP contribution in [0.25, 0.3) is 0 Å². The van der Waals surface area contributed by atoms with Crippen LogP contribution in [0.4, 0.5) is 8.78 Å². The van der Waals surface area contributed by atoms with Crippen molar-refractivity contribution in [2.24, 2.45) is 0 Å². The number of carbonyl (C=O) groups is 1. The summed E-state index contributed by atoms with van der Waals surface area (Å²) in [4.78, 5) is 15.9. The topological polar surface area (TPSA) is 56.6 Å². The highest BCUT2D eigenvalue weighted by Gasteiger charge is 2.41. The van der Waals surface area contributed by atoms with Crippen LogP contribution < -0.4 is 0 Å². The van der Waals surface area contributed by atoms with Gasteiger partial charge in [-0.3, -0.25) is 9.69 Å². The van der Waals surface area contributed by atoms with E-state index >= 15 is 0 Å². The summed E-state index contributed by atoms with van der Waals surface area (Å²) in [6.45, 7) is 2.04. The molecule has 1 aromatic rings. The monoisotopic (exact) mass is 307 g/mol. The van der Waals surface area contributed by atoms with Crippen molar-refractivity contribution in [1.29, 1.82) is 5.26 Å². The van der Waals surface area contributed by atoms with Gasteiger partial charge in [-0.1, -0.05) is 0 Å². The number of nitriles is 1. The number of morpholine rings is 1. The smallest absolute Gasteiger partial charge is 0.259 e. The van der Waals surface area contributed by atoms with Crippen LogP contribution >= 0.6 is 0 Å². The summed E-state index contributed by atoms with van der Waals surface area (Å²) in [6.07, 6.45) is -0.132. The van der Waals surface area contributed by atoms with Crippen molar-refractivity contribution < 1.29 is 18.3 Å². The predicted molar refractivity (Wildman–Crippen MR) is 73.1 cm³/mol. The first-order valence-electron chi connectivity index (χ1n) is 7.01. The molecule has 0 aliphatic carbocycles. The van der Waals surface area contributed by atoms with Crippen molar-refractivity contribution in [3.05, 3.63) is 34.9 Å². The molecule has 2 aliphatic heterocycles. The average molecular weight is 307 g/mol. The molecular formula is C15H15F2N3O2. The third-order valence-electron chi connectivity index (χ3n) is 4.25. The molecule has 2 fully saturated rings. The molecule has 116 valence electrons. The number of benzene rings is 1. The molecule has 2 aliphatic rings. The standard InChI is InChI=1S/C15H15F2N3O2/c1-19-2-3-22-13-8-20(7-12(13)19)15(21)14-10(16)4-9(6-18)5-11(14)17/h4-5,12-13H,2-3,7-8H2,1H3/t12-,13+/m0/s1. The second-order valence-corrected chi connectivity index (χ2v) is 5.59. The van der Waals surface area contributed by atoms with Gasteiger partial charge in [-0.2, -0.15) is 5.26 Å². The zero-order chi connectivity index (χ0) is 15.9. The molecule has 7 heteroatoms. The van der Waals surface area contributed by atoms with Crippen LogP contribution in [0.2, 0.25) is 0 Å². The number of likely N-dealkylation sites (N-methyl/N-ethyl adjacent to an activating group) is 1. The molecule has 3 rings (SSSR count). The van der Waals surface area contributed by atoms with Crippen LogP contribution in [0, 0.1) is 23.0 Å². The highest BCUT2D eigenvalue weighted by atomic mass is 19.1. The molecule has 0 radical (unpaired) electrons. The lowest BCUT2D eigenvalue weighted by atomic mass is 10.1. The van der Waals surface area contributed by atoms with E-state index in [2.05, 4.69) is 4.90 Å². The predicted octanol–water partition coefficient (Wildman–Crippen LogP) is 0.991. The van der Waals surface area contributed by atoms with E-state index in [-0.39, 0.29) is 17.7 Å². The number of hydrogen-bond acceptors (Lipinski definition) is 4. The number of halogens is 2. The summed E-state index contributed by atoms with van der Waals surface area (Å²) in [5.74, 6) is -2.72. The highest BCUT2D eigenvalue weighted by Crippen LogP contribution is 2.25. The number of amides is 1. The molecule has 0 saturated carbocycles. The maximum atomic E-state index is 14.0. The minimum Gasteiger partial charge on any atom is -0.373 e. The number of ether oxygens (including phenoxy) is 1. The summed E-state index contributed by atoms with van der Waals surface area (Å²) < 4.78 is 33.6. The maximum Gasteiger partial charge on any atom is 0.259 e. The molecule has 0 bridgehead atoms. The summed E-state index contributed by atoms with van der Waals surface area (Å²) >= 11 is 0. The quantitative estimate of drug-likeness (QED) is 0.776. The third kappa shape index (κ3) is 2.45. The fourth-order valence-corrected chi connectivity index (χ4v) is 3.02. The number of rotatable bonds is 1. The molecule has 1 amide bonds. The molecule has 5 nitrogen and oxygen atoms in total. The van der Waals surface area contributed by atoms with Crippen molar-refractivity contribution in [2.75, 3.05) is 33.3 Å². The number of hydrogen-bond donors (Lipinski definition) is 0. The molecule has 2 heterocycles.